The first kappa shape index (κ1) is 17.3. The fraction of sp³-hybridized carbons (Fsp3) is 0.350. The third kappa shape index (κ3) is 3.58. The summed E-state index contributed by atoms with van der Waals surface area (Å²) in [5.74, 6) is 0.0116. The van der Waals surface area contributed by atoms with Crippen molar-refractivity contribution in [2.45, 2.75) is 44.8 Å². The van der Waals surface area contributed by atoms with E-state index in [0.29, 0.717) is 10.9 Å². The van der Waals surface area contributed by atoms with E-state index in [9.17, 15) is 9.59 Å². The smallest absolute Gasteiger partial charge is 0.277 e. The lowest BCUT2D eigenvalue weighted by Gasteiger charge is -2.29. The molecule has 0 radical (unpaired) electrons. The summed E-state index contributed by atoms with van der Waals surface area (Å²) < 4.78 is 1.27. The number of nitrogens with zero attached hydrogens (tertiary/aromatic N) is 5. The molecule has 1 aliphatic carbocycles. The standard InChI is InChI=1S/C20H21N5O2/c1-14(17-7-4-5-12-21-17)25(15-9-10-15)19(26)11-13-24-20(27)16-6-2-3-8-18(16)22-23-24/h2-8,12,14-15H,9-11,13H2,1H3. The number of fused-ring (bicyclic) bond motifs is 1. The topological polar surface area (TPSA) is 81.0 Å². The minimum atomic E-state index is -0.218. The van der Waals surface area contributed by atoms with Crippen molar-refractivity contribution in [3.8, 4) is 0 Å². The molecule has 0 N–H and O–H groups in total. The number of benzene rings is 1. The van der Waals surface area contributed by atoms with Crippen LogP contribution in [0, 0.1) is 0 Å². The van der Waals surface area contributed by atoms with Gasteiger partial charge in [0.25, 0.3) is 5.56 Å². The van der Waals surface area contributed by atoms with Gasteiger partial charge in [0.1, 0.15) is 5.52 Å². The van der Waals surface area contributed by atoms with Gasteiger partial charge in [-0.1, -0.05) is 23.4 Å². The lowest BCUT2D eigenvalue weighted by atomic mass is 10.1. The Morgan fingerprint density at radius 3 is 2.74 bits per heavy atom. The van der Waals surface area contributed by atoms with E-state index in [0.717, 1.165) is 18.5 Å². The second-order valence-corrected chi connectivity index (χ2v) is 6.85. The minimum absolute atomic E-state index is 0.0116. The van der Waals surface area contributed by atoms with E-state index in [1.807, 2.05) is 36.1 Å². The van der Waals surface area contributed by atoms with Crippen molar-refractivity contribution < 1.29 is 4.79 Å². The Balaban J connectivity index is 1.51. The summed E-state index contributed by atoms with van der Waals surface area (Å²) in [7, 11) is 0. The Morgan fingerprint density at radius 1 is 1.22 bits per heavy atom. The fourth-order valence-electron chi connectivity index (χ4n) is 3.35. The van der Waals surface area contributed by atoms with Gasteiger partial charge in [-0.15, -0.1) is 5.10 Å². The molecule has 1 aliphatic rings. The van der Waals surface area contributed by atoms with E-state index >= 15 is 0 Å². The second-order valence-electron chi connectivity index (χ2n) is 6.85. The average Bonchev–Trinajstić information content (AvgIpc) is 3.53. The van der Waals surface area contributed by atoms with Crippen LogP contribution in [0.25, 0.3) is 10.9 Å². The van der Waals surface area contributed by atoms with Gasteiger partial charge < -0.3 is 4.90 Å². The Bertz CT molecular complexity index is 1010. The summed E-state index contributed by atoms with van der Waals surface area (Å²) >= 11 is 0. The molecule has 27 heavy (non-hydrogen) atoms. The summed E-state index contributed by atoms with van der Waals surface area (Å²) in [5, 5.41) is 8.56. The summed E-state index contributed by atoms with van der Waals surface area (Å²) in [4.78, 5) is 31.8. The first-order valence-electron chi connectivity index (χ1n) is 9.20. The Kier molecular flexibility index (Phi) is 4.66. The number of hydrogen-bond acceptors (Lipinski definition) is 5. The van der Waals surface area contributed by atoms with Gasteiger partial charge in [-0.3, -0.25) is 14.6 Å². The van der Waals surface area contributed by atoms with Gasteiger partial charge in [0, 0.05) is 18.7 Å². The molecule has 1 saturated carbocycles. The second kappa shape index (κ2) is 7.26. The van der Waals surface area contributed by atoms with Gasteiger partial charge in [0.15, 0.2) is 0 Å². The van der Waals surface area contributed by atoms with Crippen molar-refractivity contribution in [1.29, 1.82) is 0 Å². The zero-order valence-electron chi connectivity index (χ0n) is 15.2. The third-order valence-electron chi connectivity index (χ3n) is 4.93. The molecule has 1 amide bonds. The summed E-state index contributed by atoms with van der Waals surface area (Å²) in [6.07, 6.45) is 3.98. The number of hydrogen-bond donors (Lipinski definition) is 0. The molecule has 3 aromatic rings. The number of aryl methyl sites for hydroxylation is 1. The van der Waals surface area contributed by atoms with Crippen LogP contribution in [0.5, 0.6) is 0 Å². The first-order chi connectivity index (χ1) is 13.1. The van der Waals surface area contributed by atoms with Crippen molar-refractivity contribution in [2.75, 3.05) is 0 Å². The number of amides is 1. The van der Waals surface area contributed by atoms with Crippen LogP contribution in [-0.2, 0) is 11.3 Å². The highest BCUT2D eigenvalue weighted by molar-refractivity contribution is 5.78. The van der Waals surface area contributed by atoms with Crippen molar-refractivity contribution in [3.63, 3.8) is 0 Å². The molecule has 1 aromatic carbocycles. The predicted molar refractivity (Wildman–Crippen MR) is 101 cm³/mol. The zero-order valence-corrected chi connectivity index (χ0v) is 15.2. The molecular weight excluding hydrogens is 342 g/mol. The van der Waals surface area contributed by atoms with Crippen LogP contribution < -0.4 is 5.56 Å². The highest BCUT2D eigenvalue weighted by Gasteiger charge is 2.36. The van der Waals surface area contributed by atoms with Crippen LogP contribution in [0.1, 0.15) is 37.9 Å². The SMILES string of the molecule is CC(c1ccccn1)N(C(=O)CCn1nnc2ccccc2c1=O)C1CC1. The van der Waals surface area contributed by atoms with E-state index in [4.69, 9.17) is 0 Å². The molecule has 7 nitrogen and oxygen atoms in total. The maximum Gasteiger partial charge on any atom is 0.277 e. The molecule has 0 aliphatic heterocycles. The molecular formula is C20H21N5O2. The predicted octanol–water partition coefficient (Wildman–Crippen LogP) is 2.33. The molecule has 1 fully saturated rings. The van der Waals surface area contributed by atoms with Gasteiger partial charge in [0.2, 0.25) is 5.91 Å². The number of carbonyl (C=O) groups excluding carboxylic acids is 1. The van der Waals surface area contributed by atoms with E-state index in [2.05, 4.69) is 15.3 Å². The molecule has 1 atom stereocenters. The Labute approximate surface area is 156 Å². The van der Waals surface area contributed by atoms with Crippen molar-refractivity contribution in [1.82, 2.24) is 24.9 Å². The van der Waals surface area contributed by atoms with E-state index in [1.54, 1.807) is 24.4 Å². The Morgan fingerprint density at radius 2 is 2.00 bits per heavy atom. The summed E-state index contributed by atoms with van der Waals surface area (Å²) in [6, 6.07) is 13.0. The van der Waals surface area contributed by atoms with Crippen molar-refractivity contribution in [3.05, 3.63) is 64.7 Å². The lowest BCUT2D eigenvalue weighted by Crippen LogP contribution is -2.37. The summed E-state index contributed by atoms with van der Waals surface area (Å²) in [5.41, 5.74) is 1.22. The zero-order chi connectivity index (χ0) is 18.8. The monoisotopic (exact) mass is 363 g/mol. The number of carbonyl (C=O) groups is 1. The molecule has 0 bridgehead atoms. The van der Waals surface area contributed by atoms with Crippen LogP contribution in [0.3, 0.4) is 0 Å². The fourth-order valence-corrected chi connectivity index (χ4v) is 3.35. The highest BCUT2D eigenvalue weighted by Crippen LogP contribution is 2.34. The van der Waals surface area contributed by atoms with E-state index in [1.165, 1.54) is 4.68 Å². The van der Waals surface area contributed by atoms with Crippen molar-refractivity contribution in [2.24, 2.45) is 0 Å². The Hall–Kier alpha value is -3.09. The first-order valence-corrected chi connectivity index (χ1v) is 9.20. The normalized spacial score (nSPS) is 14.9. The number of pyridine rings is 1. The molecule has 2 heterocycles. The molecule has 138 valence electrons. The van der Waals surface area contributed by atoms with Gasteiger partial charge in [0.05, 0.1) is 23.7 Å². The average molecular weight is 363 g/mol. The third-order valence-corrected chi connectivity index (χ3v) is 4.93. The largest absolute Gasteiger partial charge is 0.331 e. The highest BCUT2D eigenvalue weighted by atomic mass is 16.2. The molecule has 0 spiro atoms. The molecule has 7 heteroatoms. The lowest BCUT2D eigenvalue weighted by molar-refractivity contribution is -0.134. The van der Waals surface area contributed by atoms with E-state index < -0.39 is 0 Å². The van der Waals surface area contributed by atoms with Crippen LogP contribution >= 0.6 is 0 Å². The number of aromatic nitrogens is 4. The van der Waals surface area contributed by atoms with Gasteiger partial charge in [-0.05, 0) is 44.0 Å². The van der Waals surface area contributed by atoms with E-state index in [-0.39, 0.29) is 36.5 Å². The van der Waals surface area contributed by atoms with Crippen LogP contribution in [-0.4, -0.2) is 36.8 Å². The molecule has 4 rings (SSSR count). The summed E-state index contributed by atoms with van der Waals surface area (Å²) in [6.45, 7) is 2.22. The van der Waals surface area contributed by atoms with Crippen LogP contribution in [0.15, 0.2) is 53.5 Å². The molecule has 2 aromatic heterocycles. The maximum atomic E-state index is 12.9. The number of rotatable bonds is 6. The van der Waals surface area contributed by atoms with Crippen molar-refractivity contribution >= 4 is 16.8 Å². The van der Waals surface area contributed by atoms with Crippen LogP contribution in [0.2, 0.25) is 0 Å². The maximum absolute atomic E-state index is 12.9. The minimum Gasteiger partial charge on any atom is -0.331 e. The quantitative estimate of drug-likeness (QED) is 0.671. The van der Waals surface area contributed by atoms with Gasteiger partial charge >= 0.3 is 0 Å². The van der Waals surface area contributed by atoms with Crippen LogP contribution in [0.4, 0.5) is 0 Å². The molecule has 1 unspecified atom stereocenters. The van der Waals surface area contributed by atoms with Gasteiger partial charge in [-0.25, -0.2) is 4.68 Å². The van der Waals surface area contributed by atoms with Gasteiger partial charge in [-0.2, -0.15) is 0 Å². The molecule has 0 saturated heterocycles.